The molecule has 1 saturated heterocycles. The monoisotopic (exact) mass is 330 g/mol. The average Bonchev–Trinajstić information content (AvgIpc) is 3.12. The Labute approximate surface area is 138 Å². The highest BCUT2D eigenvalue weighted by Crippen LogP contribution is 2.31. The first kappa shape index (κ1) is 14.2. The number of aromatic nitrogens is 1. The smallest absolute Gasteiger partial charge is 0.185 e. The van der Waals surface area contributed by atoms with Gasteiger partial charge in [0.05, 0.1) is 18.9 Å². The highest BCUT2D eigenvalue weighted by Gasteiger charge is 2.17. The highest BCUT2D eigenvalue weighted by molar-refractivity contribution is 7.19. The van der Waals surface area contributed by atoms with Crippen LogP contribution in [0.5, 0.6) is 0 Å². The summed E-state index contributed by atoms with van der Waals surface area (Å²) in [5, 5.41) is 2.49. The minimum absolute atomic E-state index is 0.810. The molecule has 114 valence electrons. The van der Waals surface area contributed by atoms with Crippen LogP contribution in [0, 0.1) is 6.92 Å². The van der Waals surface area contributed by atoms with Crippen molar-refractivity contribution in [3.8, 4) is 0 Å². The zero-order chi connectivity index (χ0) is 14.9. The lowest BCUT2D eigenvalue weighted by atomic mass is 10.2. The van der Waals surface area contributed by atoms with Crippen molar-refractivity contribution in [2.24, 2.45) is 0 Å². The van der Waals surface area contributed by atoms with E-state index in [9.17, 15) is 0 Å². The van der Waals surface area contributed by atoms with Crippen LogP contribution in [-0.2, 0) is 11.2 Å². The van der Waals surface area contributed by atoms with Crippen molar-refractivity contribution < 1.29 is 4.74 Å². The molecule has 2 aromatic heterocycles. The van der Waals surface area contributed by atoms with Gasteiger partial charge in [-0.1, -0.05) is 18.2 Å². The topological polar surface area (TPSA) is 25.4 Å². The molecule has 4 rings (SSSR count). The molecule has 0 N–H and O–H groups in total. The van der Waals surface area contributed by atoms with Crippen molar-refractivity contribution in [2.75, 3.05) is 31.2 Å². The molecule has 0 atom stereocenters. The van der Waals surface area contributed by atoms with Gasteiger partial charge in [-0.3, -0.25) is 0 Å². The number of hydrogen-bond donors (Lipinski definition) is 0. The number of fused-ring (bicyclic) bond motifs is 1. The number of nitrogens with zero attached hydrogens (tertiary/aromatic N) is 2. The minimum Gasteiger partial charge on any atom is -0.378 e. The van der Waals surface area contributed by atoms with E-state index in [2.05, 4.69) is 42.2 Å². The Kier molecular flexibility index (Phi) is 3.86. The first-order valence-electron chi connectivity index (χ1n) is 7.56. The third kappa shape index (κ3) is 2.76. The predicted octanol–water partition coefficient (Wildman–Crippen LogP) is 4.09. The van der Waals surface area contributed by atoms with Gasteiger partial charge in [0, 0.05) is 34.0 Å². The number of thiophene rings is 1. The van der Waals surface area contributed by atoms with E-state index < -0.39 is 0 Å². The molecule has 3 nitrogen and oxygen atoms in total. The van der Waals surface area contributed by atoms with Gasteiger partial charge in [-0.15, -0.1) is 22.7 Å². The summed E-state index contributed by atoms with van der Waals surface area (Å²) in [7, 11) is 0. The van der Waals surface area contributed by atoms with Gasteiger partial charge in [0.2, 0.25) is 0 Å². The number of ether oxygens (including phenoxy) is 1. The zero-order valence-electron chi connectivity index (χ0n) is 12.5. The summed E-state index contributed by atoms with van der Waals surface area (Å²) in [6, 6.07) is 10.9. The first-order chi connectivity index (χ1) is 10.8. The first-order valence-corrected chi connectivity index (χ1v) is 9.19. The number of rotatable bonds is 3. The van der Waals surface area contributed by atoms with Crippen LogP contribution in [0.1, 0.15) is 15.4 Å². The van der Waals surface area contributed by atoms with E-state index in [1.807, 2.05) is 22.7 Å². The molecule has 22 heavy (non-hydrogen) atoms. The summed E-state index contributed by atoms with van der Waals surface area (Å²) in [6.45, 7) is 5.71. The molecule has 3 heterocycles. The molecule has 0 unspecified atom stereocenters. The van der Waals surface area contributed by atoms with E-state index in [-0.39, 0.29) is 0 Å². The van der Waals surface area contributed by atoms with Gasteiger partial charge in [-0.2, -0.15) is 0 Å². The fourth-order valence-electron chi connectivity index (χ4n) is 2.76. The minimum atomic E-state index is 0.810. The van der Waals surface area contributed by atoms with Crippen LogP contribution in [0.4, 0.5) is 5.13 Å². The number of benzene rings is 1. The van der Waals surface area contributed by atoms with Crippen molar-refractivity contribution in [3.63, 3.8) is 0 Å². The third-order valence-electron chi connectivity index (χ3n) is 3.98. The molecule has 1 fully saturated rings. The Morgan fingerprint density at radius 1 is 1.18 bits per heavy atom. The lowest BCUT2D eigenvalue weighted by molar-refractivity contribution is 0.122. The SMILES string of the molecule is Cc1sc(N2CCOCC2)nc1Cc1cc2ccccc2s1. The molecule has 0 bridgehead atoms. The fraction of sp³-hybridized carbons (Fsp3) is 0.353. The Morgan fingerprint density at radius 3 is 2.82 bits per heavy atom. The van der Waals surface area contributed by atoms with Gasteiger partial charge in [0.1, 0.15) is 0 Å². The van der Waals surface area contributed by atoms with E-state index in [0.717, 1.165) is 37.9 Å². The molecule has 3 aromatic rings. The largest absolute Gasteiger partial charge is 0.378 e. The van der Waals surface area contributed by atoms with E-state index in [1.54, 1.807) is 0 Å². The molecule has 5 heteroatoms. The van der Waals surface area contributed by atoms with E-state index in [0.29, 0.717) is 0 Å². The predicted molar refractivity (Wildman–Crippen MR) is 94.5 cm³/mol. The standard InChI is InChI=1S/C17H18N2OS2/c1-12-15(18-17(21-12)19-6-8-20-9-7-19)11-14-10-13-4-2-3-5-16(13)22-14/h2-5,10H,6-9,11H2,1H3. The second-order valence-electron chi connectivity index (χ2n) is 5.53. The Bertz CT molecular complexity index is 754. The lowest BCUT2D eigenvalue weighted by Gasteiger charge is -2.26. The summed E-state index contributed by atoms with van der Waals surface area (Å²) in [5.41, 5.74) is 1.22. The second-order valence-corrected chi connectivity index (χ2v) is 7.88. The second kappa shape index (κ2) is 5.99. The number of anilines is 1. The molecular weight excluding hydrogens is 312 g/mol. The maximum absolute atomic E-state index is 5.42. The van der Waals surface area contributed by atoms with Crippen LogP contribution in [0.3, 0.4) is 0 Å². The summed E-state index contributed by atoms with van der Waals surface area (Å²) < 4.78 is 6.78. The third-order valence-corrected chi connectivity index (χ3v) is 6.17. The van der Waals surface area contributed by atoms with Crippen LogP contribution in [0.15, 0.2) is 30.3 Å². The van der Waals surface area contributed by atoms with Crippen LogP contribution in [-0.4, -0.2) is 31.3 Å². The summed E-state index contributed by atoms with van der Waals surface area (Å²) in [6.07, 6.45) is 0.937. The van der Waals surface area contributed by atoms with Crippen molar-refractivity contribution in [1.82, 2.24) is 4.98 Å². The molecule has 0 saturated carbocycles. The number of morpholine rings is 1. The van der Waals surface area contributed by atoms with Crippen molar-refractivity contribution in [1.29, 1.82) is 0 Å². The summed E-state index contributed by atoms with van der Waals surface area (Å²) in [4.78, 5) is 9.96. The number of aryl methyl sites for hydroxylation is 1. The lowest BCUT2D eigenvalue weighted by Crippen LogP contribution is -2.36. The Balaban J connectivity index is 1.58. The molecule has 0 amide bonds. The fourth-order valence-corrected chi connectivity index (χ4v) is 4.80. The van der Waals surface area contributed by atoms with Crippen LogP contribution in [0.25, 0.3) is 10.1 Å². The molecule has 1 aromatic carbocycles. The zero-order valence-corrected chi connectivity index (χ0v) is 14.2. The normalized spacial score (nSPS) is 15.6. The summed E-state index contributed by atoms with van der Waals surface area (Å²) >= 11 is 3.69. The molecule has 0 spiro atoms. The molecule has 1 aliphatic rings. The van der Waals surface area contributed by atoms with Gasteiger partial charge >= 0.3 is 0 Å². The Hall–Kier alpha value is -1.43. The van der Waals surface area contributed by atoms with Crippen LogP contribution >= 0.6 is 22.7 Å². The highest BCUT2D eigenvalue weighted by atomic mass is 32.1. The molecular formula is C17H18N2OS2. The van der Waals surface area contributed by atoms with Gasteiger partial charge in [-0.05, 0) is 24.4 Å². The molecule has 0 radical (unpaired) electrons. The van der Waals surface area contributed by atoms with Gasteiger partial charge in [-0.25, -0.2) is 4.98 Å². The Morgan fingerprint density at radius 2 is 2.00 bits per heavy atom. The number of hydrogen-bond acceptors (Lipinski definition) is 5. The van der Waals surface area contributed by atoms with Crippen LogP contribution < -0.4 is 4.90 Å². The number of thiazole rings is 1. The van der Waals surface area contributed by atoms with Gasteiger partial charge < -0.3 is 9.64 Å². The quantitative estimate of drug-likeness (QED) is 0.723. The van der Waals surface area contributed by atoms with E-state index >= 15 is 0 Å². The van der Waals surface area contributed by atoms with Gasteiger partial charge in [0.15, 0.2) is 5.13 Å². The van der Waals surface area contributed by atoms with E-state index in [4.69, 9.17) is 9.72 Å². The molecule has 1 aliphatic heterocycles. The van der Waals surface area contributed by atoms with Crippen molar-refractivity contribution >= 4 is 37.9 Å². The molecule has 0 aliphatic carbocycles. The maximum atomic E-state index is 5.42. The van der Waals surface area contributed by atoms with Crippen molar-refractivity contribution in [2.45, 2.75) is 13.3 Å². The average molecular weight is 330 g/mol. The van der Waals surface area contributed by atoms with Gasteiger partial charge in [0.25, 0.3) is 0 Å². The summed E-state index contributed by atoms with van der Waals surface area (Å²) in [5.74, 6) is 0. The van der Waals surface area contributed by atoms with Crippen LogP contribution in [0.2, 0.25) is 0 Å². The maximum Gasteiger partial charge on any atom is 0.185 e. The van der Waals surface area contributed by atoms with Crippen molar-refractivity contribution in [3.05, 3.63) is 45.8 Å². The van der Waals surface area contributed by atoms with E-state index in [1.165, 1.54) is 25.5 Å².